The lowest BCUT2D eigenvalue weighted by molar-refractivity contribution is -0.121. The maximum atomic E-state index is 13.7. The van der Waals surface area contributed by atoms with E-state index in [0.717, 1.165) is 5.56 Å². The van der Waals surface area contributed by atoms with Gasteiger partial charge in [0.15, 0.2) is 0 Å². The number of carbonyl (C=O) groups is 1. The van der Waals surface area contributed by atoms with Crippen LogP contribution in [0.4, 0.5) is 18.9 Å². The second kappa shape index (κ2) is 7.96. The molecule has 0 aliphatic carbocycles. The minimum atomic E-state index is -3.50. The normalized spacial score (nSPS) is 12.7. The van der Waals surface area contributed by atoms with Gasteiger partial charge >= 0.3 is 5.38 Å². The zero-order valence-electron chi connectivity index (χ0n) is 14.1. The monoisotopic (exact) mass is 392 g/mol. The van der Waals surface area contributed by atoms with Gasteiger partial charge in [0.05, 0.1) is 11.9 Å². The standard InChI is InChI=1S/C20H16ClF3N2O/c21-20(23,24)11-15(9-13-5-2-1-3-6-13)19(27)26-16-10-14-7-4-8-17(22)18(14)25-12-16/h1-8,10,12,15H,9,11H2,(H,26,27). The van der Waals surface area contributed by atoms with Gasteiger partial charge in [-0.1, -0.05) is 42.5 Å². The number of hydrogen-bond donors (Lipinski definition) is 1. The fourth-order valence-electron chi connectivity index (χ4n) is 2.87. The molecule has 0 aliphatic rings. The Morgan fingerprint density at radius 2 is 1.89 bits per heavy atom. The summed E-state index contributed by atoms with van der Waals surface area (Å²) in [6.45, 7) is 0. The van der Waals surface area contributed by atoms with Gasteiger partial charge in [-0.15, -0.1) is 0 Å². The van der Waals surface area contributed by atoms with Crippen LogP contribution in [0.1, 0.15) is 12.0 Å². The smallest absolute Gasteiger partial charge is 0.322 e. The van der Waals surface area contributed by atoms with E-state index in [9.17, 15) is 18.0 Å². The van der Waals surface area contributed by atoms with Crippen molar-refractivity contribution in [3.8, 4) is 0 Å². The summed E-state index contributed by atoms with van der Waals surface area (Å²) >= 11 is 5.07. The van der Waals surface area contributed by atoms with E-state index in [-0.39, 0.29) is 11.9 Å². The first-order valence-electron chi connectivity index (χ1n) is 8.27. The quantitative estimate of drug-likeness (QED) is 0.571. The average Bonchev–Trinajstić information content (AvgIpc) is 2.61. The van der Waals surface area contributed by atoms with Crippen LogP contribution in [-0.2, 0) is 11.2 Å². The number of benzene rings is 2. The van der Waals surface area contributed by atoms with E-state index in [4.69, 9.17) is 11.6 Å². The summed E-state index contributed by atoms with van der Waals surface area (Å²) in [4.78, 5) is 16.6. The van der Waals surface area contributed by atoms with E-state index in [1.54, 1.807) is 42.5 Å². The summed E-state index contributed by atoms with van der Waals surface area (Å²) in [5.41, 5.74) is 1.22. The number of nitrogens with zero attached hydrogens (tertiary/aromatic N) is 1. The summed E-state index contributed by atoms with van der Waals surface area (Å²) in [6, 6.07) is 14.9. The van der Waals surface area contributed by atoms with Crippen LogP contribution in [0.5, 0.6) is 0 Å². The molecule has 0 bridgehead atoms. The van der Waals surface area contributed by atoms with Crippen molar-refractivity contribution in [2.24, 2.45) is 5.92 Å². The molecule has 2 aromatic carbocycles. The number of halogens is 4. The number of rotatable bonds is 6. The zero-order chi connectivity index (χ0) is 19.4. The van der Waals surface area contributed by atoms with Gasteiger partial charge in [-0.05, 0) is 35.7 Å². The highest BCUT2D eigenvalue weighted by Crippen LogP contribution is 2.30. The Bertz CT molecular complexity index is 945. The van der Waals surface area contributed by atoms with Crippen molar-refractivity contribution in [1.29, 1.82) is 0 Å². The highest BCUT2D eigenvalue weighted by atomic mass is 35.5. The van der Waals surface area contributed by atoms with Crippen molar-refractivity contribution in [3.63, 3.8) is 0 Å². The van der Waals surface area contributed by atoms with E-state index >= 15 is 0 Å². The largest absolute Gasteiger partial charge is 0.324 e. The molecule has 1 atom stereocenters. The van der Waals surface area contributed by atoms with E-state index in [1.165, 1.54) is 18.3 Å². The van der Waals surface area contributed by atoms with Gasteiger partial charge in [-0.2, -0.15) is 8.78 Å². The molecule has 3 aromatic rings. The van der Waals surface area contributed by atoms with Gasteiger partial charge in [0.25, 0.3) is 0 Å². The Balaban J connectivity index is 1.81. The van der Waals surface area contributed by atoms with Gasteiger partial charge in [0, 0.05) is 17.7 Å². The number of anilines is 1. The Labute approximate surface area is 159 Å². The third-order valence-electron chi connectivity index (χ3n) is 4.10. The molecule has 0 radical (unpaired) electrons. The van der Waals surface area contributed by atoms with Crippen LogP contribution in [0.15, 0.2) is 60.8 Å². The zero-order valence-corrected chi connectivity index (χ0v) is 14.9. The molecule has 140 valence electrons. The molecule has 0 aliphatic heterocycles. The maximum absolute atomic E-state index is 13.7. The van der Waals surface area contributed by atoms with Crippen molar-refractivity contribution < 1.29 is 18.0 Å². The predicted octanol–water partition coefficient (Wildman–Crippen LogP) is 5.39. The fraction of sp³-hybridized carbons (Fsp3) is 0.200. The molecule has 1 heterocycles. The predicted molar refractivity (Wildman–Crippen MR) is 99.4 cm³/mol. The molecular weight excluding hydrogens is 377 g/mol. The van der Waals surface area contributed by atoms with Crippen molar-refractivity contribution in [2.75, 3.05) is 5.32 Å². The van der Waals surface area contributed by atoms with Crippen molar-refractivity contribution >= 4 is 34.1 Å². The molecule has 1 aromatic heterocycles. The Hall–Kier alpha value is -2.60. The van der Waals surface area contributed by atoms with Gasteiger partial charge in [0.1, 0.15) is 11.3 Å². The number of hydrogen-bond acceptors (Lipinski definition) is 2. The summed E-state index contributed by atoms with van der Waals surface area (Å²) < 4.78 is 40.4. The third-order valence-corrected chi connectivity index (χ3v) is 4.26. The summed E-state index contributed by atoms with van der Waals surface area (Å²) in [5.74, 6) is -2.12. The molecular formula is C20H16ClF3N2O. The molecule has 0 spiro atoms. The first kappa shape index (κ1) is 19.2. The summed E-state index contributed by atoms with van der Waals surface area (Å²) in [6.07, 6.45) is 0.608. The highest BCUT2D eigenvalue weighted by Gasteiger charge is 2.33. The molecule has 1 N–H and O–H groups in total. The van der Waals surface area contributed by atoms with E-state index in [2.05, 4.69) is 10.3 Å². The van der Waals surface area contributed by atoms with Crippen LogP contribution < -0.4 is 5.32 Å². The van der Waals surface area contributed by atoms with Gasteiger partial charge < -0.3 is 5.32 Å². The van der Waals surface area contributed by atoms with Crippen LogP contribution in [0.25, 0.3) is 10.9 Å². The molecule has 3 rings (SSSR count). The van der Waals surface area contributed by atoms with Gasteiger partial charge in [-0.25, -0.2) is 4.39 Å². The van der Waals surface area contributed by atoms with Gasteiger partial charge in [0.2, 0.25) is 5.91 Å². The lowest BCUT2D eigenvalue weighted by Crippen LogP contribution is -2.29. The van der Waals surface area contributed by atoms with Crippen LogP contribution in [-0.4, -0.2) is 16.3 Å². The highest BCUT2D eigenvalue weighted by molar-refractivity contribution is 6.21. The molecule has 1 unspecified atom stereocenters. The van der Waals surface area contributed by atoms with E-state index < -0.39 is 29.4 Å². The topological polar surface area (TPSA) is 42.0 Å². The Kier molecular flexibility index (Phi) is 5.65. The molecule has 3 nitrogen and oxygen atoms in total. The van der Waals surface area contributed by atoms with Crippen molar-refractivity contribution in [3.05, 3.63) is 72.2 Å². The number of aromatic nitrogens is 1. The molecule has 0 saturated heterocycles. The number of fused-ring (bicyclic) bond motifs is 1. The minimum Gasteiger partial charge on any atom is -0.324 e. The number of amides is 1. The van der Waals surface area contributed by atoms with Gasteiger partial charge in [-0.3, -0.25) is 9.78 Å². The molecule has 1 amide bonds. The minimum absolute atomic E-state index is 0.116. The van der Waals surface area contributed by atoms with Crippen molar-refractivity contribution in [1.82, 2.24) is 4.98 Å². The Morgan fingerprint density at radius 3 is 2.59 bits per heavy atom. The molecule has 0 saturated carbocycles. The van der Waals surface area contributed by atoms with Crippen molar-refractivity contribution in [2.45, 2.75) is 18.2 Å². The maximum Gasteiger partial charge on any atom is 0.322 e. The SMILES string of the molecule is O=C(Nc1cnc2c(F)cccc2c1)C(Cc1ccccc1)CC(F)(F)Cl. The molecule has 27 heavy (non-hydrogen) atoms. The van der Waals surface area contributed by atoms with Crippen LogP contribution in [0.2, 0.25) is 0 Å². The second-order valence-electron chi connectivity index (χ2n) is 6.23. The number of nitrogens with one attached hydrogen (secondary N) is 1. The number of alkyl halides is 3. The van der Waals surface area contributed by atoms with Crippen LogP contribution in [0, 0.1) is 11.7 Å². The first-order chi connectivity index (χ1) is 12.8. The summed E-state index contributed by atoms with van der Waals surface area (Å²) in [5, 5.41) is -0.422. The molecule has 7 heteroatoms. The second-order valence-corrected chi connectivity index (χ2v) is 6.78. The summed E-state index contributed by atoms with van der Waals surface area (Å²) in [7, 11) is 0. The number of pyridine rings is 1. The van der Waals surface area contributed by atoms with E-state index in [1.807, 2.05) is 0 Å². The van der Waals surface area contributed by atoms with Crippen LogP contribution >= 0.6 is 11.6 Å². The third kappa shape index (κ3) is 5.20. The van der Waals surface area contributed by atoms with E-state index in [0.29, 0.717) is 11.1 Å². The Morgan fingerprint density at radius 1 is 1.15 bits per heavy atom. The average molecular weight is 393 g/mol. The molecule has 0 fully saturated rings. The lowest BCUT2D eigenvalue weighted by atomic mass is 9.95. The van der Waals surface area contributed by atoms with Crippen LogP contribution in [0.3, 0.4) is 0 Å². The first-order valence-corrected chi connectivity index (χ1v) is 8.65. The fourth-order valence-corrected chi connectivity index (χ4v) is 3.06. The lowest BCUT2D eigenvalue weighted by Gasteiger charge is -2.19. The number of carbonyl (C=O) groups excluding carboxylic acids is 1. The number of para-hydroxylation sites is 1.